The van der Waals surface area contributed by atoms with Gasteiger partial charge in [-0.05, 0) is 25.1 Å². The first-order chi connectivity index (χ1) is 18.7. The molecule has 0 radical (unpaired) electrons. The van der Waals surface area contributed by atoms with E-state index >= 15 is 0 Å². The molecule has 5 aromatic rings. The van der Waals surface area contributed by atoms with Crippen molar-refractivity contribution in [1.29, 1.82) is 0 Å². The number of pyridine rings is 1. The van der Waals surface area contributed by atoms with Crippen LogP contribution in [0.2, 0.25) is 10.0 Å². The molecule has 10 nitrogen and oxygen atoms in total. The van der Waals surface area contributed by atoms with Crippen molar-refractivity contribution in [3.8, 4) is 22.6 Å². The Labute approximate surface area is 231 Å². The molecular formula is C26H20Cl2FN7O3. The largest absolute Gasteiger partial charge is 0.495 e. The highest BCUT2D eigenvalue weighted by Gasteiger charge is 2.23. The number of para-hydroxylation sites is 1. The van der Waals surface area contributed by atoms with Gasteiger partial charge in [0.25, 0.3) is 5.91 Å². The van der Waals surface area contributed by atoms with Crippen LogP contribution < -0.4 is 20.1 Å². The van der Waals surface area contributed by atoms with Crippen molar-refractivity contribution in [2.75, 3.05) is 24.9 Å². The minimum atomic E-state index is -0.615. The first-order valence-corrected chi connectivity index (χ1v) is 12.1. The van der Waals surface area contributed by atoms with Crippen LogP contribution in [0.5, 0.6) is 11.5 Å². The molecule has 5 rings (SSSR count). The van der Waals surface area contributed by atoms with Gasteiger partial charge in [-0.3, -0.25) is 4.79 Å². The van der Waals surface area contributed by atoms with E-state index in [9.17, 15) is 9.18 Å². The number of nitrogens with one attached hydrogen (secondary N) is 2. The maximum atomic E-state index is 14.8. The molecule has 0 spiro atoms. The van der Waals surface area contributed by atoms with E-state index in [0.717, 1.165) is 0 Å². The van der Waals surface area contributed by atoms with Gasteiger partial charge in [-0.1, -0.05) is 35.8 Å². The molecule has 0 aliphatic heterocycles. The Kier molecular flexibility index (Phi) is 6.94. The molecule has 39 heavy (non-hydrogen) atoms. The number of halogens is 3. The summed E-state index contributed by atoms with van der Waals surface area (Å²) < 4.78 is 27.1. The molecule has 1 amide bonds. The Morgan fingerprint density at radius 3 is 2.46 bits per heavy atom. The summed E-state index contributed by atoms with van der Waals surface area (Å²) in [4.78, 5) is 25.4. The van der Waals surface area contributed by atoms with Crippen molar-refractivity contribution in [2.45, 2.75) is 6.92 Å². The molecule has 2 N–H and O–H groups in total. The summed E-state index contributed by atoms with van der Waals surface area (Å²) in [7, 11) is 2.97. The number of amides is 1. The molecule has 198 valence electrons. The summed E-state index contributed by atoms with van der Waals surface area (Å²) in [6.07, 6.45) is 2.89. The van der Waals surface area contributed by atoms with Crippen molar-refractivity contribution in [2.24, 2.45) is 0 Å². The first kappa shape index (κ1) is 26.1. The third-order valence-corrected chi connectivity index (χ3v) is 6.56. The molecule has 0 saturated heterocycles. The lowest BCUT2D eigenvalue weighted by Gasteiger charge is -2.16. The van der Waals surface area contributed by atoms with Gasteiger partial charge in [-0.25, -0.2) is 14.4 Å². The van der Waals surface area contributed by atoms with Crippen LogP contribution in [-0.4, -0.2) is 44.7 Å². The average Bonchev–Trinajstić information content (AvgIpc) is 3.41. The second-order valence-corrected chi connectivity index (χ2v) is 9.09. The molecule has 0 aliphatic rings. The predicted octanol–water partition coefficient (Wildman–Crippen LogP) is 6.06. The minimum absolute atomic E-state index is 0.0139. The highest BCUT2D eigenvalue weighted by molar-refractivity contribution is 6.41. The smallest absolute Gasteiger partial charge is 0.250 e. The number of hydrogen-bond acceptors (Lipinski definition) is 8. The van der Waals surface area contributed by atoms with E-state index in [0.29, 0.717) is 39.3 Å². The number of carbonyl (C=O) groups is 1. The molecule has 0 aliphatic carbocycles. The minimum Gasteiger partial charge on any atom is -0.495 e. The lowest BCUT2D eigenvalue weighted by Crippen LogP contribution is -2.14. The molecule has 2 aromatic carbocycles. The van der Waals surface area contributed by atoms with E-state index in [4.69, 9.17) is 32.7 Å². The van der Waals surface area contributed by atoms with Gasteiger partial charge in [-0.15, -0.1) is 0 Å². The van der Waals surface area contributed by atoms with Gasteiger partial charge in [-0.2, -0.15) is 14.6 Å². The zero-order chi connectivity index (χ0) is 27.8. The van der Waals surface area contributed by atoms with Gasteiger partial charge in [0.1, 0.15) is 29.3 Å². The molecule has 13 heteroatoms. The van der Waals surface area contributed by atoms with Crippen LogP contribution in [0.25, 0.3) is 27.8 Å². The highest BCUT2D eigenvalue weighted by Crippen LogP contribution is 2.47. The van der Waals surface area contributed by atoms with Crippen molar-refractivity contribution in [1.82, 2.24) is 24.6 Å². The molecular weight excluding hydrogens is 548 g/mol. The number of methoxy groups -OCH3 is 2. The Hall–Kier alpha value is -4.48. The molecule has 0 saturated carbocycles. The van der Waals surface area contributed by atoms with Crippen molar-refractivity contribution in [3.05, 3.63) is 70.9 Å². The van der Waals surface area contributed by atoms with Crippen LogP contribution in [0.3, 0.4) is 0 Å². The maximum absolute atomic E-state index is 14.8. The zero-order valence-corrected chi connectivity index (χ0v) is 22.4. The summed E-state index contributed by atoms with van der Waals surface area (Å²) in [5.74, 6) is -0.286. The van der Waals surface area contributed by atoms with Crippen molar-refractivity contribution in [3.63, 3.8) is 0 Å². The van der Waals surface area contributed by atoms with Crippen LogP contribution in [-0.2, 0) is 4.79 Å². The lowest BCUT2D eigenvalue weighted by molar-refractivity contribution is -0.112. The summed E-state index contributed by atoms with van der Waals surface area (Å²) in [6, 6.07) is 7.62. The molecule has 0 bridgehead atoms. The first-order valence-electron chi connectivity index (χ1n) is 11.4. The number of rotatable bonds is 7. The summed E-state index contributed by atoms with van der Waals surface area (Å²) in [6.45, 7) is 5.16. The highest BCUT2D eigenvalue weighted by atomic mass is 35.5. The summed E-state index contributed by atoms with van der Waals surface area (Å²) in [5, 5.41) is 10.9. The standard InChI is InChI=1S/C26H20Cl2FN7O3/c1-12(2)25(37)33-16-7-5-6-15(29)22(16)34-26-30-10-13-8-14(24-31-11-32-36(24)23(13)35-26)19-20(27)17(38-3)9-18(39-4)21(19)28/h5-11H,1H2,2-4H3,(H,33,37)(H,30,34,35). The number of aromatic nitrogens is 5. The van der Waals surface area contributed by atoms with E-state index < -0.39 is 11.7 Å². The second kappa shape index (κ2) is 10.4. The number of nitrogens with zero attached hydrogens (tertiary/aromatic N) is 5. The normalized spacial score (nSPS) is 11.0. The molecule has 0 fully saturated rings. The summed E-state index contributed by atoms with van der Waals surface area (Å²) >= 11 is 13.3. The Bertz CT molecular complexity index is 1760. The lowest BCUT2D eigenvalue weighted by atomic mass is 10.0. The van der Waals surface area contributed by atoms with E-state index in [2.05, 4.69) is 37.3 Å². The number of benzene rings is 2. The second-order valence-electron chi connectivity index (χ2n) is 8.33. The van der Waals surface area contributed by atoms with E-state index in [1.165, 1.54) is 43.4 Å². The zero-order valence-electron chi connectivity index (χ0n) is 20.8. The molecule has 0 unspecified atom stereocenters. The van der Waals surface area contributed by atoms with Crippen molar-refractivity contribution >= 4 is 63.1 Å². The fourth-order valence-electron chi connectivity index (χ4n) is 3.92. The van der Waals surface area contributed by atoms with Crippen LogP contribution in [0.1, 0.15) is 6.92 Å². The van der Waals surface area contributed by atoms with E-state index in [1.807, 2.05) is 0 Å². The SMILES string of the molecule is C=C(C)C(=O)Nc1cccc(F)c1Nc1ncc2cc(-c3c(Cl)c(OC)cc(OC)c3Cl)c3ncnn3c2n1. The number of fused-ring (bicyclic) bond motifs is 3. The third kappa shape index (κ3) is 4.66. The fraction of sp³-hybridized carbons (Fsp3) is 0.115. The Morgan fingerprint density at radius 1 is 1.08 bits per heavy atom. The number of ether oxygens (including phenoxy) is 2. The third-order valence-electron chi connectivity index (χ3n) is 5.81. The van der Waals surface area contributed by atoms with Gasteiger partial charge in [0, 0.05) is 34.3 Å². The van der Waals surface area contributed by atoms with Gasteiger partial charge in [0.15, 0.2) is 11.3 Å². The number of anilines is 3. The van der Waals surface area contributed by atoms with E-state index in [-0.39, 0.29) is 32.9 Å². The van der Waals surface area contributed by atoms with Crippen molar-refractivity contribution < 1.29 is 18.7 Å². The van der Waals surface area contributed by atoms with Crippen LogP contribution in [0.15, 0.2) is 55.0 Å². The maximum Gasteiger partial charge on any atom is 0.250 e. The van der Waals surface area contributed by atoms with Gasteiger partial charge in [0.05, 0.1) is 30.0 Å². The fourth-order valence-corrected chi connectivity index (χ4v) is 4.62. The quantitative estimate of drug-likeness (QED) is 0.228. The van der Waals surface area contributed by atoms with Gasteiger partial charge >= 0.3 is 0 Å². The molecule has 0 atom stereocenters. The van der Waals surface area contributed by atoms with E-state index in [1.54, 1.807) is 25.1 Å². The van der Waals surface area contributed by atoms with Gasteiger partial charge < -0.3 is 20.1 Å². The monoisotopic (exact) mass is 567 g/mol. The van der Waals surface area contributed by atoms with Crippen LogP contribution >= 0.6 is 23.2 Å². The molecule has 3 heterocycles. The average molecular weight is 568 g/mol. The summed E-state index contributed by atoms with van der Waals surface area (Å²) in [5.41, 5.74) is 2.19. The topological polar surface area (TPSA) is 116 Å². The predicted molar refractivity (Wildman–Crippen MR) is 148 cm³/mol. The number of hydrogen-bond donors (Lipinski definition) is 2. The molecule has 3 aromatic heterocycles. The van der Waals surface area contributed by atoms with Crippen LogP contribution in [0, 0.1) is 5.82 Å². The van der Waals surface area contributed by atoms with Crippen LogP contribution in [0.4, 0.5) is 21.7 Å². The number of carbonyl (C=O) groups excluding carboxylic acids is 1. The Balaban J connectivity index is 1.64. The Morgan fingerprint density at radius 2 is 1.79 bits per heavy atom. The van der Waals surface area contributed by atoms with Gasteiger partial charge in [0.2, 0.25) is 5.95 Å².